The third kappa shape index (κ3) is 3.68. The van der Waals surface area contributed by atoms with Gasteiger partial charge in [-0.2, -0.15) is 0 Å². The average molecular weight is 428 g/mol. The molecule has 1 aliphatic heterocycles. The first-order valence-corrected chi connectivity index (χ1v) is 10.1. The molecule has 30 heavy (non-hydrogen) atoms. The average Bonchev–Trinajstić information content (AvgIpc) is 3.02. The van der Waals surface area contributed by atoms with Crippen molar-refractivity contribution >= 4 is 40.0 Å². The van der Waals surface area contributed by atoms with E-state index in [0.29, 0.717) is 47.7 Å². The zero-order chi connectivity index (χ0) is 21.3. The van der Waals surface area contributed by atoms with E-state index < -0.39 is 0 Å². The van der Waals surface area contributed by atoms with E-state index in [1.165, 1.54) is 4.90 Å². The number of ether oxygens (including phenoxy) is 2. The summed E-state index contributed by atoms with van der Waals surface area (Å²) in [6, 6.07) is 12.8. The number of hydrogen-bond acceptors (Lipinski definition) is 4. The number of likely N-dealkylation sites (N-methyl/N-ethyl adjacent to an activating group) is 1. The first-order valence-electron chi connectivity index (χ1n) is 9.71. The molecule has 2 aromatic carbocycles. The minimum Gasteiger partial charge on any atom is -0.486 e. The van der Waals surface area contributed by atoms with E-state index >= 15 is 0 Å². The Bertz CT molecular complexity index is 1090. The number of rotatable bonds is 5. The van der Waals surface area contributed by atoms with Gasteiger partial charge in [0.05, 0.1) is 5.02 Å². The van der Waals surface area contributed by atoms with Gasteiger partial charge >= 0.3 is 0 Å². The van der Waals surface area contributed by atoms with Crippen LogP contribution in [0.25, 0.3) is 10.9 Å². The molecule has 1 aliphatic rings. The maximum absolute atomic E-state index is 13.2. The van der Waals surface area contributed by atoms with E-state index in [1.807, 2.05) is 31.2 Å². The van der Waals surface area contributed by atoms with Crippen molar-refractivity contribution in [3.63, 3.8) is 0 Å². The van der Waals surface area contributed by atoms with E-state index in [0.717, 1.165) is 10.9 Å². The number of halogens is 1. The predicted molar refractivity (Wildman–Crippen MR) is 116 cm³/mol. The van der Waals surface area contributed by atoms with Gasteiger partial charge in [-0.1, -0.05) is 29.8 Å². The van der Waals surface area contributed by atoms with Crippen molar-refractivity contribution in [1.29, 1.82) is 0 Å². The van der Waals surface area contributed by atoms with Crippen molar-refractivity contribution in [3.8, 4) is 11.5 Å². The fraction of sp³-hybridized carbons (Fsp3) is 0.273. The molecule has 0 spiro atoms. The molecule has 2 amide bonds. The maximum Gasteiger partial charge on any atom is 0.272 e. The zero-order valence-electron chi connectivity index (χ0n) is 16.8. The second-order valence-electron chi connectivity index (χ2n) is 6.96. The molecule has 0 bridgehead atoms. The smallest absolute Gasteiger partial charge is 0.272 e. The van der Waals surface area contributed by atoms with Gasteiger partial charge in [0, 0.05) is 36.2 Å². The Labute approximate surface area is 179 Å². The fourth-order valence-corrected chi connectivity index (χ4v) is 3.92. The summed E-state index contributed by atoms with van der Waals surface area (Å²) in [6.07, 6.45) is 0. The number of hydrogen-bond donors (Lipinski definition) is 1. The quantitative estimate of drug-likeness (QED) is 0.673. The first kappa shape index (κ1) is 20.1. The van der Waals surface area contributed by atoms with Gasteiger partial charge in [-0.15, -0.1) is 0 Å². The summed E-state index contributed by atoms with van der Waals surface area (Å²) in [5.74, 6) is 0.634. The summed E-state index contributed by atoms with van der Waals surface area (Å²) in [7, 11) is 1.80. The molecule has 2 heterocycles. The number of nitrogens with zero attached hydrogens (tertiary/aromatic N) is 2. The van der Waals surface area contributed by atoms with Crippen LogP contribution in [0.3, 0.4) is 0 Å². The molecule has 0 unspecified atom stereocenters. The molecule has 0 radical (unpaired) electrons. The van der Waals surface area contributed by atoms with Gasteiger partial charge in [0.25, 0.3) is 5.91 Å². The van der Waals surface area contributed by atoms with Gasteiger partial charge in [-0.25, -0.2) is 0 Å². The highest BCUT2D eigenvalue weighted by atomic mass is 35.5. The number of benzene rings is 2. The number of anilines is 1. The van der Waals surface area contributed by atoms with Gasteiger partial charge in [0.2, 0.25) is 5.91 Å². The Balaban J connectivity index is 1.51. The summed E-state index contributed by atoms with van der Waals surface area (Å²) >= 11 is 6.50. The molecule has 0 fully saturated rings. The summed E-state index contributed by atoms with van der Waals surface area (Å²) in [5.41, 5.74) is 1.81. The van der Waals surface area contributed by atoms with E-state index in [4.69, 9.17) is 21.1 Å². The molecule has 156 valence electrons. The van der Waals surface area contributed by atoms with E-state index in [-0.39, 0.29) is 18.4 Å². The molecule has 0 saturated carbocycles. The number of aryl methyl sites for hydroxylation is 1. The molecule has 3 aromatic rings. The van der Waals surface area contributed by atoms with Crippen LogP contribution in [0.2, 0.25) is 5.02 Å². The van der Waals surface area contributed by atoms with Gasteiger partial charge in [-0.05, 0) is 25.1 Å². The lowest BCUT2D eigenvalue weighted by Crippen LogP contribution is -2.38. The molecule has 4 rings (SSSR count). The Morgan fingerprint density at radius 2 is 1.87 bits per heavy atom. The number of carbonyl (C=O) groups excluding carboxylic acids is 2. The number of carbonyl (C=O) groups is 2. The Kier molecular flexibility index (Phi) is 5.55. The molecule has 7 nitrogen and oxygen atoms in total. The third-order valence-electron chi connectivity index (χ3n) is 5.08. The monoisotopic (exact) mass is 427 g/mol. The van der Waals surface area contributed by atoms with Gasteiger partial charge in [-0.3, -0.25) is 9.59 Å². The topological polar surface area (TPSA) is 72.8 Å². The van der Waals surface area contributed by atoms with Crippen molar-refractivity contribution in [2.45, 2.75) is 6.92 Å². The van der Waals surface area contributed by atoms with Crippen LogP contribution in [-0.2, 0) is 11.8 Å². The fourth-order valence-electron chi connectivity index (χ4n) is 3.56. The standard InChI is InChI=1S/C22H22ClN3O4/c1-3-26(22(28)21-20(23)15-6-4-5-7-16(15)25(21)2)13-19(27)24-14-8-9-17-18(12-14)30-11-10-29-17/h4-9,12H,3,10-11,13H2,1-2H3,(H,24,27). The minimum atomic E-state index is -0.309. The van der Waals surface area contributed by atoms with Crippen LogP contribution in [-0.4, -0.2) is 47.6 Å². The number of fused-ring (bicyclic) bond motifs is 2. The van der Waals surface area contributed by atoms with Crippen molar-refractivity contribution in [1.82, 2.24) is 9.47 Å². The highest BCUT2D eigenvalue weighted by Gasteiger charge is 2.25. The predicted octanol–water partition coefficient (Wildman–Crippen LogP) is 3.70. The van der Waals surface area contributed by atoms with Crippen molar-refractivity contribution in [2.24, 2.45) is 7.05 Å². The largest absolute Gasteiger partial charge is 0.486 e. The van der Waals surface area contributed by atoms with Gasteiger partial charge < -0.3 is 24.3 Å². The first-order chi connectivity index (χ1) is 14.5. The number of aromatic nitrogens is 1. The summed E-state index contributed by atoms with van der Waals surface area (Å²) in [6.45, 7) is 3.07. The van der Waals surface area contributed by atoms with Gasteiger partial charge in [0.15, 0.2) is 11.5 Å². The Morgan fingerprint density at radius 1 is 1.13 bits per heavy atom. The van der Waals surface area contributed by atoms with Crippen LogP contribution in [0, 0.1) is 0 Å². The highest BCUT2D eigenvalue weighted by molar-refractivity contribution is 6.38. The lowest BCUT2D eigenvalue weighted by molar-refractivity contribution is -0.116. The van der Waals surface area contributed by atoms with Crippen LogP contribution in [0.15, 0.2) is 42.5 Å². The lowest BCUT2D eigenvalue weighted by atomic mass is 10.2. The Morgan fingerprint density at radius 3 is 2.60 bits per heavy atom. The molecule has 0 saturated heterocycles. The highest BCUT2D eigenvalue weighted by Crippen LogP contribution is 2.33. The molecule has 1 aromatic heterocycles. The number of para-hydroxylation sites is 1. The Hall–Kier alpha value is -3.19. The summed E-state index contributed by atoms with van der Waals surface area (Å²) in [4.78, 5) is 27.2. The number of amides is 2. The lowest BCUT2D eigenvalue weighted by Gasteiger charge is -2.22. The van der Waals surface area contributed by atoms with Crippen LogP contribution >= 0.6 is 11.6 Å². The molecule has 0 aliphatic carbocycles. The van der Waals surface area contributed by atoms with Gasteiger partial charge in [0.1, 0.15) is 25.5 Å². The maximum atomic E-state index is 13.2. The molecular weight excluding hydrogens is 406 g/mol. The second-order valence-corrected chi connectivity index (χ2v) is 7.34. The van der Waals surface area contributed by atoms with E-state index in [1.54, 1.807) is 29.8 Å². The molecule has 0 atom stereocenters. The van der Waals surface area contributed by atoms with Crippen LogP contribution in [0.1, 0.15) is 17.4 Å². The molecule has 8 heteroatoms. The minimum absolute atomic E-state index is 0.0956. The summed E-state index contributed by atoms with van der Waals surface area (Å²) in [5, 5.41) is 4.01. The van der Waals surface area contributed by atoms with Crippen LogP contribution in [0.5, 0.6) is 11.5 Å². The molecular formula is C22H22ClN3O4. The van der Waals surface area contributed by atoms with Crippen molar-refractivity contribution in [2.75, 3.05) is 31.6 Å². The summed E-state index contributed by atoms with van der Waals surface area (Å²) < 4.78 is 12.8. The second kappa shape index (κ2) is 8.28. The molecule has 1 N–H and O–H groups in total. The van der Waals surface area contributed by atoms with Crippen LogP contribution in [0.4, 0.5) is 5.69 Å². The SMILES string of the molecule is CCN(CC(=O)Nc1ccc2c(c1)OCCO2)C(=O)c1c(Cl)c2ccccc2n1C. The van der Waals surface area contributed by atoms with E-state index in [2.05, 4.69) is 5.32 Å². The van der Waals surface area contributed by atoms with Crippen molar-refractivity contribution < 1.29 is 19.1 Å². The van der Waals surface area contributed by atoms with Crippen LogP contribution < -0.4 is 14.8 Å². The normalized spacial score (nSPS) is 12.6. The van der Waals surface area contributed by atoms with Crippen molar-refractivity contribution in [3.05, 3.63) is 53.2 Å². The number of nitrogens with one attached hydrogen (secondary N) is 1. The third-order valence-corrected chi connectivity index (χ3v) is 5.46. The zero-order valence-corrected chi connectivity index (χ0v) is 17.5. The van der Waals surface area contributed by atoms with E-state index in [9.17, 15) is 9.59 Å².